The number of rotatable bonds is 5. The maximum absolute atomic E-state index is 6.46. The van der Waals surface area contributed by atoms with Crippen molar-refractivity contribution in [1.82, 2.24) is 4.98 Å². The molecule has 4 nitrogen and oxygen atoms in total. The van der Waals surface area contributed by atoms with Gasteiger partial charge in [0.1, 0.15) is 21.9 Å². The Kier molecular flexibility index (Phi) is 7.56. The summed E-state index contributed by atoms with van der Waals surface area (Å²) >= 11 is 3.78. The van der Waals surface area contributed by atoms with Crippen molar-refractivity contribution in [2.24, 2.45) is 0 Å². The normalized spacial score (nSPS) is 15.8. The monoisotopic (exact) mass is 805 g/mol. The second-order valence-corrected chi connectivity index (χ2v) is 18.1. The Morgan fingerprint density at radius 1 is 0.417 bits per heavy atom. The maximum atomic E-state index is 6.46. The van der Waals surface area contributed by atoms with Gasteiger partial charge in [-0.3, -0.25) is 0 Å². The van der Waals surface area contributed by atoms with Gasteiger partial charge in [-0.25, -0.2) is 0 Å². The molecule has 13 rings (SSSR count). The predicted octanol–water partition coefficient (Wildman–Crippen LogP) is 15.8. The van der Waals surface area contributed by atoms with Crippen molar-refractivity contribution in [3.05, 3.63) is 193 Å². The largest absolute Gasteiger partial charge is 0.455 e. The van der Waals surface area contributed by atoms with Crippen LogP contribution in [0.1, 0.15) is 21.9 Å². The van der Waals surface area contributed by atoms with Gasteiger partial charge in [0.25, 0.3) is 0 Å². The summed E-state index contributed by atoms with van der Waals surface area (Å²) in [5.74, 6) is 0. The molecular formula is C54H35N3OS2. The van der Waals surface area contributed by atoms with Crippen molar-refractivity contribution >= 4 is 89.2 Å². The third-order valence-electron chi connectivity index (χ3n) is 12.3. The number of thioether (sulfide) groups is 2. The van der Waals surface area contributed by atoms with E-state index in [1.165, 1.54) is 81.3 Å². The molecule has 11 aromatic rings. The van der Waals surface area contributed by atoms with Crippen LogP contribution < -0.4 is 10.6 Å². The highest BCUT2D eigenvalue weighted by Gasteiger charge is 2.28. The van der Waals surface area contributed by atoms with E-state index in [4.69, 9.17) is 4.42 Å². The van der Waals surface area contributed by atoms with E-state index in [9.17, 15) is 0 Å². The first-order chi connectivity index (χ1) is 29.7. The van der Waals surface area contributed by atoms with E-state index < -0.39 is 0 Å². The number of furan rings is 1. The fraction of sp³-hybridized carbons (Fsp3) is 0.0370. The summed E-state index contributed by atoms with van der Waals surface area (Å²) in [6.07, 6.45) is 2.12. The number of benzene rings is 9. The van der Waals surface area contributed by atoms with Crippen molar-refractivity contribution in [2.75, 3.05) is 10.6 Å². The van der Waals surface area contributed by atoms with Gasteiger partial charge in [-0.05, 0) is 92.0 Å². The molecule has 0 fully saturated rings. The van der Waals surface area contributed by atoms with E-state index in [0.29, 0.717) is 0 Å². The minimum atomic E-state index is 0.0590. The summed E-state index contributed by atoms with van der Waals surface area (Å²) in [5, 5.41) is 17.7. The third kappa shape index (κ3) is 5.34. The molecule has 0 amide bonds. The second kappa shape index (κ2) is 13.3. The van der Waals surface area contributed by atoms with Gasteiger partial charge in [0.15, 0.2) is 0 Å². The van der Waals surface area contributed by atoms with Gasteiger partial charge >= 0.3 is 0 Å². The van der Waals surface area contributed by atoms with Gasteiger partial charge in [0.2, 0.25) is 0 Å². The molecule has 2 unspecified atom stereocenters. The van der Waals surface area contributed by atoms with Crippen molar-refractivity contribution in [1.29, 1.82) is 0 Å². The van der Waals surface area contributed by atoms with E-state index >= 15 is 0 Å². The molecule has 60 heavy (non-hydrogen) atoms. The molecule has 4 heterocycles. The van der Waals surface area contributed by atoms with Gasteiger partial charge in [0.05, 0.1) is 17.1 Å². The predicted molar refractivity (Wildman–Crippen MR) is 254 cm³/mol. The molecule has 0 saturated heterocycles. The quantitative estimate of drug-likeness (QED) is 0.162. The fourth-order valence-corrected chi connectivity index (χ4v) is 11.7. The molecule has 0 bridgehead atoms. The number of hydrogen-bond acceptors (Lipinski definition) is 5. The van der Waals surface area contributed by atoms with Gasteiger partial charge in [-0.1, -0.05) is 157 Å². The summed E-state index contributed by atoms with van der Waals surface area (Å²) in [4.78, 5) is 6.18. The maximum Gasteiger partial charge on any atom is 0.143 e. The SMILES string of the molecule is c1ccc(C2Nc3c(ccc4c(-c5cccc(C6Nc7c(ccc8ccc(-c9cccc%10c9oc9ccccc9%10)cc78)S6)c5)cc(-c5[nH]cc6ccccc56)cc34)S2)cc1. The Labute approximate surface area is 354 Å². The Morgan fingerprint density at radius 3 is 2.00 bits per heavy atom. The van der Waals surface area contributed by atoms with Gasteiger partial charge in [-0.15, -0.1) is 0 Å². The minimum absolute atomic E-state index is 0.0590. The van der Waals surface area contributed by atoms with Crippen LogP contribution in [-0.2, 0) is 0 Å². The van der Waals surface area contributed by atoms with Gasteiger partial charge in [0, 0.05) is 48.5 Å². The lowest BCUT2D eigenvalue weighted by Crippen LogP contribution is -2.02. The van der Waals surface area contributed by atoms with E-state index in [-0.39, 0.29) is 10.7 Å². The summed E-state index contributed by atoms with van der Waals surface area (Å²) < 4.78 is 6.46. The van der Waals surface area contributed by atoms with E-state index in [0.717, 1.165) is 38.8 Å². The summed E-state index contributed by atoms with van der Waals surface area (Å²) in [7, 11) is 0. The van der Waals surface area contributed by atoms with Crippen LogP contribution in [0, 0.1) is 0 Å². The van der Waals surface area contributed by atoms with Gasteiger partial charge < -0.3 is 20.0 Å². The van der Waals surface area contributed by atoms with Crippen LogP contribution in [0.3, 0.4) is 0 Å². The average molecular weight is 806 g/mol. The lowest BCUT2D eigenvalue weighted by atomic mass is 9.92. The number of aromatic nitrogens is 1. The van der Waals surface area contributed by atoms with Crippen molar-refractivity contribution in [3.63, 3.8) is 0 Å². The molecule has 2 atom stereocenters. The molecule has 2 aliphatic rings. The van der Waals surface area contributed by atoms with Crippen LogP contribution in [-0.4, -0.2) is 4.98 Å². The van der Waals surface area contributed by atoms with Crippen LogP contribution in [0.25, 0.3) is 87.8 Å². The first-order valence-corrected chi connectivity index (χ1v) is 22.1. The van der Waals surface area contributed by atoms with Gasteiger partial charge in [-0.2, -0.15) is 0 Å². The first kappa shape index (κ1) is 34.0. The molecule has 2 aliphatic heterocycles. The summed E-state index contributed by atoms with van der Waals surface area (Å²) in [6.45, 7) is 0. The number of nitrogens with one attached hydrogen (secondary N) is 3. The zero-order chi connectivity index (χ0) is 39.3. The number of para-hydroxylation sites is 2. The average Bonchev–Trinajstić information content (AvgIpc) is 4.13. The summed E-state index contributed by atoms with van der Waals surface area (Å²) in [6, 6.07) is 64.0. The molecule has 0 aliphatic carbocycles. The number of H-pyrrole nitrogens is 1. The third-order valence-corrected chi connectivity index (χ3v) is 14.8. The van der Waals surface area contributed by atoms with Crippen molar-refractivity contribution in [2.45, 2.75) is 20.5 Å². The Morgan fingerprint density at radius 2 is 1.10 bits per heavy atom. The van der Waals surface area contributed by atoms with Crippen molar-refractivity contribution in [3.8, 4) is 33.5 Å². The number of hydrogen-bond donors (Lipinski definition) is 3. The molecule has 0 saturated carbocycles. The molecule has 2 aromatic heterocycles. The van der Waals surface area contributed by atoms with Crippen molar-refractivity contribution < 1.29 is 4.42 Å². The zero-order valence-corrected chi connectivity index (χ0v) is 33.8. The minimum Gasteiger partial charge on any atom is -0.455 e. The molecule has 3 N–H and O–H groups in total. The second-order valence-electron chi connectivity index (χ2n) is 15.8. The molecular weight excluding hydrogens is 771 g/mol. The molecule has 284 valence electrons. The van der Waals surface area contributed by atoms with Crippen LogP contribution in [0.4, 0.5) is 11.4 Å². The van der Waals surface area contributed by atoms with Crippen LogP contribution in [0.2, 0.25) is 0 Å². The highest BCUT2D eigenvalue weighted by molar-refractivity contribution is 8.00. The number of anilines is 2. The molecule has 0 spiro atoms. The summed E-state index contributed by atoms with van der Waals surface area (Å²) in [5.41, 5.74) is 13.7. The first-order valence-electron chi connectivity index (χ1n) is 20.4. The molecule has 9 aromatic carbocycles. The highest BCUT2D eigenvalue weighted by Crippen LogP contribution is 2.53. The standard InChI is InChI=1S/C54H35N3OS2/c1-2-10-32(11-3-1)53-57-51-45-29-37(49-38-15-5-4-12-36(38)30-55-49)28-43(40(45)23-25-48(51)59-53)33-13-8-14-35(26-33)54-56-50-44-27-34(21-20-31(44)22-24-47(50)60-54)39-17-9-18-42-41-16-6-7-19-46(41)58-52(39)42/h1-30,53-57H. The van der Waals surface area contributed by atoms with Crippen LogP contribution in [0.15, 0.2) is 196 Å². The Bertz CT molecular complexity index is 3530. The fourth-order valence-electron chi connectivity index (χ4n) is 9.43. The van der Waals surface area contributed by atoms with E-state index in [1.807, 2.05) is 29.6 Å². The van der Waals surface area contributed by atoms with Crippen LogP contribution in [0.5, 0.6) is 0 Å². The lowest BCUT2D eigenvalue weighted by Gasteiger charge is -2.17. The zero-order valence-electron chi connectivity index (χ0n) is 32.2. The van der Waals surface area contributed by atoms with Crippen LogP contribution >= 0.6 is 23.5 Å². The van der Waals surface area contributed by atoms with E-state index in [2.05, 4.69) is 192 Å². The smallest absolute Gasteiger partial charge is 0.143 e. The van der Waals surface area contributed by atoms with E-state index in [1.54, 1.807) is 0 Å². The number of aromatic amines is 1. The Hall–Kier alpha value is -6.86. The number of fused-ring (bicyclic) bond motifs is 10. The molecule has 6 heteroatoms. The lowest BCUT2D eigenvalue weighted by molar-refractivity contribution is 0.670. The Balaban J connectivity index is 0.901. The highest BCUT2D eigenvalue weighted by atomic mass is 32.2. The molecule has 0 radical (unpaired) electrons. The topological polar surface area (TPSA) is 53.0 Å².